The summed E-state index contributed by atoms with van der Waals surface area (Å²) in [4.78, 5) is 14.8. The van der Waals surface area contributed by atoms with Gasteiger partial charge in [0.1, 0.15) is 0 Å². The molecule has 1 rings (SSSR count). The third-order valence-electron chi connectivity index (χ3n) is 1.78. The SMILES string of the molecule is Cc1ccc(/C(N)=N/N(C)N)c(C(=O)O)n1. The van der Waals surface area contributed by atoms with Crippen molar-refractivity contribution < 1.29 is 9.90 Å². The number of hydrogen-bond donors (Lipinski definition) is 3. The molecular formula is C9H13N5O2. The summed E-state index contributed by atoms with van der Waals surface area (Å²) in [5.74, 6) is 4.14. The van der Waals surface area contributed by atoms with Gasteiger partial charge in [-0.3, -0.25) is 0 Å². The molecule has 86 valence electrons. The molecule has 0 fully saturated rings. The number of carbonyl (C=O) groups is 1. The summed E-state index contributed by atoms with van der Waals surface area (Å²) in [7, 11) is 1.48. The number of carboxylic acid groups (broad SMARTS) is 1. The van der Waals surface area contributed by atoms with Crippen molar-refractivity contribution in [2.24, 2.45) is 16.7 Å². The Morgan fingerprint density at radius 3 is 2.69 bits per heavy atom. The number of hydrazine groups is 1. The van der Waals surface area contributed by atoms with Crippen molar-refractivity contribution in [1.29, 1.82) is 0 Å². The molecule has 1 aromatic heterocycles. The van der Waals surface area contributed by atoms with E-state index in [0.717, 1.165) is 5.12 Å². The first-order chi connectivity index (χ1) is 7.41. The zero-order valence-electron chi connectivity index (χ0n) is 9.01. The van der Waals surface area contributed by atoms with Crippen molar-refractivity contribution in [3.8, 4) is 0 Å². The molecule has 0 radical (unpaired) electrons. The van der Waals surface area contributed by atoms with Gasteiger partial charge in [0.15, 0.2) is 11.5 Å². The van der Waals surface area contributed by atoms with Gasteiger partial charge in [-0.1, -0.05) is 0 Å². The van der Waals surface area contributed by atoms with Crippen molar-refractivity contribution in [2.45, 2.75) is 6.92 Å². The maximum absolute atomic E-state index is 10.9. The average molecular weight is 223 g/mol. The highest BCUT2D eigenvalue weighted by Crippen LogP contribution is 2.07. The van der Waals surface area contributed by atoms with E-state index in [0.29, 0.717) is 5.69 Å². The van der Waals surface area contributed by atoms with Crippen LogP contribution in [-0.4, -0.2) is 34.1 Å². The second kappa shape index (κ2) is 4.58. The van der Waals surface area contributed by atoms with Crippen molar-refractivity contribution >= 4 is 11.8 Å². The number of rotatable bonds is 3. The van der Waals surface area contributed by atoms with Gasteiger partial charge >= 0.3 is 5.97 Å². The molecule has 0 aliphatic heterocycles. The monoisotopic (exact) mass is 223 g/mol. The predicted octanol–water partition coefficient (Wildman–Crippen LogP) is -0.486. The number of nitrogens with zero attached hydrogens (tertiary/aromatic N) is 3. The second-order valence-electron chi connectivity index (χ2n) is 3.21. The molecule has 0 bridgehead atoms. The predicted molar refractivity (Wildman–Crippen MR) is 58.6 cm³/mol. The Labute approximate surface area is 92.3 Å². The third-order valence-corrected chi connectivity index (χ3v) is 1.78. The smallest absolute Gasteiger partial charge is 0.355 e. The van der Waals surface area contributed by atoms with Crippen LogP contribution < -0.4 is 11.6 Å². The fraction of sp³-hybridized carbons (Fsp3) is 0.222. The molecule has 1 heterocycles. The van der Waals surface area contributed by atoms with Crippen LogP contribution in [0.1, 0.15) is 21.7 Å². The Morgan fingerprint density at radius 2 is 2.19 bits per heavy atom. The standard InChI is InChI=1S/C9H13N5O2/c1-5-3-4-6(7(12-5)9(15)16)8(10)13-14(2)11/h3-4H,11H2,1-2H3,(H2,10,13)(H,15,16). The topological polar surface area (TPSA) is 118 Å². The number of nitrogens with two attached hydrogens (primary N) is 2. The van der Waals surface area contributed by atoms with E-state index in [1.807, 2.05) is 0 Å². The molecule has 0 aliphatic rings. The van der Waals surface area contributed by atoms with E-state index in [2.05, 4.69) is 10.1 Å². The summed E-state index contributed by atoms with van der Waals surface area (Å²) in [5, 5.41) is 13.7. The number of hydrogen-bond acceptors (Lipinski definition) is 5. The van der Waals surface area contributed by atoms with Crippen LogP contribution in [-0.2, 0) is 0 Å². The first kappa shape index (κ1) is 11.9. The number of amidine groups is 1. The molecule has 0 amide bonds. The molecule has 0 saturated heterocycles. The maximum Gasteiger partial charge on any atom is 0.355 e. The van der Waals surface area contributed by atoms with E-state index in [9.17, 15) is 4.79 Å². The molecule has 5 N–H and O–H groups in total. The van der Waals surface area contributed by atoms with Crippen LogP contribution in [0.25, 0.3) is 0 Å². The van der Waals surface area contributed by atoms with Gasteiger partial charge in [0.2, 0.25) is 0 Å². The van der Waals surface area contributed by atoms with Gasteiger partial charge in [-0.15, -0.1) is 5.10 Å². The molecule has 0 aliphatic carbocycles. The van der Waals surface area contributed by atoms with Crippen molar-refractivity contribution in [3.05, 3.63) is 29.1 Å². The summed E-state index contributed by atoms with van der Waals surface area (Å²) >= 11 is 0. The highest BCUT2D eigenvalue weighted by Gasteiger charge is 2.15. The number of aromatic nitrogens is 1. The molecule has 7 heteroatoms. The third kappa shape index (κ3) is 2.67. The van der Waals surface area contributed by atoms with Gasteiger partial charge in [0.25, 0.3) is 0 Å². The zero-order valence-corrected chi connectivity index (χ0v) is 9.01. The van der Waals surface area contributed by atoms with E-state index >= 15 is 0 Å². The molecule has 1 aromatic rings. The van der Waals surface area contributed by atoms with E-state index in [4.69, 9.17) is 16.7 Å². The Balaban J connectivity index is 3.28. The summed E-state index contributed by atoms with van der Waals surface area (Å²) in [6.07, 6.45) is 0. The summed E-state index contributed by atoms with van der Waals surface area (Å²) in [5.41, 5.74) is 6.31. The molecule has 0 aromatic carbocycles. The van der Waals surface area contributed by atoms with Gasteiger partial charge in [0, 0.05) is 12.7 Å². The molecule has 0 atom stereocenters. The molecule has 0 saturated carbocycles. The number of hydrazone groups is 1. The number of pyridine rings is 1. The summed E-state index contributed by atoms with van der Waals surface area (Å²) in [6.45, 7) is 1.69. The van der Waals surface area contributed by atoms with Crippen LogP contribution in [0.5, 0.6) is 0 Å². The number of aryl methyl sites for hydroxylation is 1. The molecule has 16 heavy (non-hydrogen) atoms. The number of aromatic carboxylic acids is 1. The first-order valence-electron chi connectivity index (χ1n) is 4.45. The fourth-order valence-corrected chi connectivity index (χ4v) is 1.15. The van der Waals surface area contributed by atoms with Crippen LogP contribution >= 0.6 is 0 Å². The van der Waals surface area contributed by atoms with Crippen LogP contribution in [0.4, 0.5) is 0 Å². The highest BCUT2D eigenvalue weighted by atomic mass is 16.4. The molecular weight excluding hydrogens is 210 g/mol. The maximum atomic E-state index is 10.9. The van der Waals surface area contributed by atoms with Crippen LogP contribution in [0.3, 0.4) is 0 Å². The highest BCUT2D eigenvalue weighted by molar-refractivity contribution is 6.05. The lowest BCUT2D eigenvalue weighted by molar-refractivity contribution is 0.0690. The lowest BCUT2D eigenvalue weighted by atomic mass is 10.1. The zero-order chi connectivity index (χ0) is 12.3. The minimum absolute atomic E-state index is 0.00917. The van der Waals surface area contributed by atoms with Gasteiger partial charge < -0.3 is 10.8 Å². The van der Waals surface area contributed by atoms with Gasteiger partial charge in [-0.2, -0.15) is 0 Å². The normalized spacial score (nSPS) is 11.3. The van der Waals surface area contributed by atoms with E-state index < -0.39 is 5.97 Å². The number of carboxylic acids is 1. The first-order valence-corrected chi connectivity index (χ1v) is 4.45. The quantitative estimate of drug-likeness (QED) is 0.275. The minimum atomic E-state index is -1.16. The van der Waals surface area contributed by atoms with Crippen molar-refractivity contribution in [3.63, 3.8) is 0 Å². The fourth-order valence-electron chi connectivity index (χ4n) is 1.15. The van der Waals surface area contributed by atoms with Crippen molar-refractivity contribution in [2.75, 3.05) is 7.05 Å². The summed E-state index contributed by atoms with van der Waals surface area (Å²) in [6, 6.07) is 3.20. The Hall–Kier alpha value is -2.15. The lowest BCUT2D eigenvalue weighted by Crippen LogP contribution is -2.27. The van der Waals surface area contributed by atoms with Crippen LogP contribution in [0.2, 0.25) is 0 Å². The van der Waals surface area contributed by atoms with Crippen LogP contribution in [0.15, 0.2) is 17.2 Å². The minimum Gasteiger partial charge on any atom is -0.476 e. The largest absolute Gasteiger partial charge is 0.476 e. The van der Waals surface area contributed by atoms with Crippen LogP contribution in [0, 0.1) is 6.92 Å². The van der Waals surface area contributed by atoms with Gasteiger partial charge in [-0.25, -0.2) is 20.7 Å². The molecule has 0 unspecified atom stereocenters. The Morgan fingerprint density at radius 1 is 1.56 bits per heavy atom. The molecule has 7 nitrogen and oxygen atoms in total. The second-order valence-corrected chi connectivity index (χ2v) is 3.21. The van der Waals surface area contributed by atoms with E-state index in [-0.39, 0.29) is 17.1 Å². The average Bonchev–Trinajstić information content (AvgIpc) is 2.16. The Bertz CT molecular complexity index is 442. The Kier molecular flexibility index (Phi) is 3.41. The van der Waals surface area contributed by atoms with Gasteiger partial charge in [-0.05, 0) is 19.1 Å². The summed E-state index contributed by atoms with van der Waals surface area (Å²) < 4.78 is 0. The molecule has 0 spiro atoms. The van der Waals surface area contributed by atoms with E-state index in [1.54, 1.807) is 19.1 Å². The van der Waals surface area contributed by atoms with Gasteiger partial charge in [0.05, 0.1) is 5.56 Å². The van der Waals surface area contributed by atoms with Crippen molar-refractivity contribution in [1.82, 2.24) is 10.1 Å². The lowest BCUT2D eigenvalue weighted by Gasteiger charge is -2.08. The van der Waals surface area contributed by atoms with E-state index in [1.165, 1.54) is 7.05 Å².